The highest BCUT2D eigenvalue weighted by Crippen LogP contribution is 2.34. The lowest BCUT2D eigenvalue weighted by Gasteiger charge is -2.07. The molecule has 0 fully saturated rings. The van der Waals surface area contributed by atoms with E-state index in [1.165, 1.54) is 11.3 Å². The summed E-state index contributed by atoms with van der Waals surface area (Å²) in [6.45, 7) is 2.68. The molecular weight excluding hydrogens is 324 g/mol. The quantitative estimate of drug-likeness (QED) is 0.888. The topological polar surface area (TPSA) is 55.1 Å². The van der Waals surface area contributed by atoms with Gasteiger partial charge in [0.1, 0.15) is 0 Å². The van der Waals surface area contributed by atoms with E-state index in [0.717, 1.165) is 22.0 Å². The van der Waals surface area contributed by atoms with Crippen molar-refractivity contribution in [2.75, 3.05) is 12.3 Å². The van der Waals surface area contributed by atoms with E-state index in [1.807, 2.05) is 36.6 Å². The van der Waals surface area contributed by atoms with Crippen LogP contribution in [0.5, 0.6) is 0 Å². The molecule has 0 aliphatic carbocycles. The van der Waals surface area contributed by atoms with Crippen LogP contribution < -0.4 is 11.1 Å². The van der Waals surface area contributed by atoms with Gasteiger partial charge in [-0.05, 0) is 24.1 Å². The lowest BCUT2D eigenvalue weighted by molar-refractivity contribution is 0.0955. The molecule has 0 unspecified atom stereocenters. The lowest BCUT2D eigenvalue weighted by atomic mass is 10.0. The number of rotatable bonds is 4. The maximum atomic E-state index is 12.2. The molecule has 5 heteroatoms. The van der Waals surface area contributed by atoms with Crippen LogP contribution in [0.1, 0.15) is 23.7 Å². The van der Waals surface area contributed by atoms with Crippen LogP contribution in [0.15, 0.2) is 34.1 Å². The van der Waals surface area contributed by atoms with Gasteiger partial charge in [0.05, 0.1) is 10.6 Å². The van der Waals surface area contributed by atoms with Crippen molar-refractivity contribution in [2.45, 2.75) is 13.3 Å². The third-order valence-electron chi connectivity index (χ3n) is 2.74. The number of amides is 1. The van der Waals surface area contributed by atoms with E-state index < -0.39 is 0 Å². The van der Waals surface area contributed by atoms with Gasteiger partial charge in [0.15, 0.2) is 0 Å². The predicted octanol–water partition coefficient (Wildman–Crippen LogP) is 3.90. The predicted molar refractivity (Wildman–Crippen MR) is 84.5 cm³/mol. The molecule has 100 valence electrons. The maximum Gasteiger partial charge on any atom is 0.254 e. The van der Waals surface area contributed by atoms with Crippen molar-refractivity contribution >= 4 is 38.2 Å². The van der Waals surface area contributed by atoms with Gasteiger partial charge < -0.3 is 11.1 Å². The maximum absolute atomic E-state index is 12.2. The average Bonchev–Trinajstić information content (AvgIpc) is 2.79. The summed E-state index contributed by atoms with van der Waals surface area (Å²) in [5.74, 6) is -0.0986. The minimum absolute atomic E-state index is 0.0986. The highest BCUT2D eigenvalue weighted by molar-refractivity contribution is 9.10. The van der Waals surface area contributed by atoms with E-state index >= 15 is 0 Å². The van der Waals surface area contributed by atoms with Crippen molar-refractivity contribution in [3.05, 3.63) is 39.7 Å². The molecule has 2 aromatic rings. The zero-order chi connectivity index (χ0) is 13.8. The first-order valence-electron chi connectivity index (χ1n) is 6.04. The number of hydrogen-bond acceptors (Lipinski definition) is 3. The molecule has 1 aromatic heterocycles. The molecule has 0 radical (unpaired) electrons. The Bertz CT molecular complexity index is 578. The van der Waals surface area contributed by atoms with Crippen LogP contribution in [-0.2, 0) is 0 Å². The van der Waals surface area contributed by atoms with Crippen molar-refractivity contribution < 1.29 is 4.79 Å². The fraction of sp³-hybridized carbons (Fsp3) is 0.214. The molecular formula is C14H15BrN2OS. The highest BCUT2D eigenvalue weighted by Gasteiger charge is 2.18. The van der Waals surface area contributed by atoms with Crippen molar-refractivity contribution in [2.24, 2.45) is 0 Å². The molecule has 0 saturated heterocycles. The molecule has 3 N–H and O–H groups in total. The summed E-state index contributed by atoms with van der Waals surface area (Å²) in [6.07, 6.45) is 0.906. The average molecular weight is 339 g/mol. The number of carbonyl (C=O) groups excluding carboxylic acids is 1. The van der Waals surface area contributed by atoms with Crippen molar-refractivity contribution in [1.82, 2.24) is 5.32 Å². The van der Waals surface area contributed by atoms with E-state index in [9.17, 15) is 4.79 Å². The second-order valence-electron chi connectivity index (χ2n) is 4.15. The largest absolute Gasteiger partial charge is 0.390 e. The van der Waals surface area contributed by atoms with E-state index in [-0.39, 0.29) is 5.91 Å². The molecule has 0 aliphatic rings. The van der Waals surface area contributed by atoms with Crippen molar-refractivity contribution in [3.8, 4) is 11.1 Å². The van der Waals surface area contributed by atoms with Gasteiger partial charge in [0.25, 0.3) is 5.91 Å². The standard InChI is InChI=1S/C14H15BrN2OS/c1-2-7-17-14(18)12-11(8-19-13(12)16)9-3-5-10(15)6-4-9/h3-6,8H,2,7,16H2,1H3,(H,17,18). The SMILES string of the molecule is CCCNC(=O)c1c(-c2ccc(Br)cc2)csc1N. The van der Waals surface area contributed by atoms with E-state index in [2.05, 4.69) is 21.2 Å². The van der Waals surface area contributed by atoms with E-state index in [1.54, 1.807) is 0 Å². The van der Waals surface area contributed by atoms with Crippen LogP contribution >= 0.6 is 27.3 Å². The Morgan fingerprint density at radius 2 is 2.05 bits per heavy atom. The fourth-order valence-electron chi connectivity index (χ4n) is 1.78. The monoisotopic (exact) mass is 338 g/mol. The Hall–Kier alpha value is -1.33. The second kappa shape index (κ2) is 6.21. The van der Waals surface area contributed by atoms with Crippen LogP contribution in [0.25, 0.3) is 11.1 Å². The Morgan fingerprint density at radius 3 is 2.68 bits per heavy atom. The third kappa shape index (κ3) is 3.16. The summed E-state index contributed by atoms with van der Waals surface area (Å²) in [6, 6.07) is 7.86. The Labute approximate surface area is 125 Å². The second-order valence-corrected chi connectivity index (χ2v) is 5.98. The normalized spacial score (nSPS) is 10.4. The van der Waals surface area contributed by atoms with Gasteiger partial charge in [0.2, 0.25) is 0 Å². The number of anilines is 1. The van der Waals surface area contributed by atoms with Gasteiger partial charge >= 0.3 is 0 Å². The van der Waals surface area contributed by atoms with Gasteiger partial charge in [-0.1, -0.05) is 35.0 Å². The lowest BCUT2D eigenvalue weighted by Crippen LogP contribution is -2.24. The summed E-state index contributed by atoms with van der Waals surface area (Å²) in [7, 11) is 0. The van der Waals surface area contributed by atoms with Crippen LogP contribution in [0.2, 0.25) is 0 Å². The molecule has 0 spiro atoms. The zero-order valence-electron chi connectivity index (χ0n) is 10.6. The molecule has 1 amide bonds. The van der Waals surface area contributed by atoms with Crippen molar-refractivity contribution in [1.29, 1.82) is 0 Å². The molecule has 3 nitrogen and oxygen atoms in total. The Balaban J connectivity index is 2.37. The fourth-order valence-corrected chi connectivity index (χ4v) is 2.86. The number of thiophene rings is 1. The molecule has 0 bridgehead atoms. The van der Waals surface area contributed by atoms with Crippen LogP contribution in [0, 0.1) is 0 Å². The first-order chi connectivity index (χ1) is 9.13. The Morgan fingerprint density at radius 1 is 1.37 bits per heavy atom. The molecule has 19 heavy (non-hydrogen) atoms. The smallest absolute Gasteiger partial charge is 0.254 e. The molecule has 1 aromatic carbocycles. The summed E-state index contributed by atoms with van der Waals surface area (Å²) in [5, 5.41) is 5.37. The number of benzene rings is 1. The minimum Gasteiger partial charge on any atom is -0.390 e. The zero-order valence-corrected chi connectivity index (χ0v) is 13.0. The summed E-state index contributed by atoms with van der Waals surface area (Å²) >= 11 is 4.80. The Kier molecular flexibility index (Phi) is 4.61. The van der Waals surface area contributed by atoms with Crippen molar-refractivity contribution in [3.63, 3.8) is 0 Å². The van der Waals surface area contributed by atoms with Crippen LogP contribution in [0.3, 0.4) is 0 Å². The number of nitrogen functional groups attached to an aromatic ring is 1. The van der Waals surface area contributed by atoms with Gasteiger partial charge in [0, 0.05) is 22.0 Å². The molecule has 0 aliphatic heterocycles. The van der Waals surface area contributed by atoms with Gasteiger partial charge in [-0.2, -0.15) is 0 Å². The minimum atomic E-state index is -0.0986. The summed E-state index contributed by atoms with van der Waals surface area (Å²) < 4.78 is 1.01. The third-order valence-corrected chi connectivity index (χ3v) is 4.08. The molecule has 1 heterocycles. The van der Waals surface area contributed by atoms with Crippen LogP contribution in [0.4, 0.5) is 5.00 Å². The number of carbonyl (C=O) groups is 1. The molecule has 2 rings (SSSR count). The van der Waals surface area contributed by atoms with E-state index in [4.69, 9.17) is 5.73 Å². The molecule has 0 saturated carbocycles. The van der Waals surface area contributed by atoms with Crippen LogP contribution in [-0.4, -0.2) is 12.5 Å². The first-order valence-corrected chi connectivity index (χ1v) is 7.71. The summed E-state index contributed by atoms with van der Waals surface area (Å²) in [4.78, 5) is 12.2. The van der Waals surface area contributed by atoms with Gasteiger partial charge in [-0.15, -0.1) is 11.3 Å². The summed E-state index contributed by atoms with van der Waals surface area (Å²) in [5.41, 5.74) is 8.40. The molecule has 0 atom stereocenters. The highest BCUT2D eigenvalue weighted by atomic mass is 79.9. The van der Waals surface area contributed by atoms with E-state index in [0.29, 0.717) is 17.1 Å². The number of nitrogens with two attached hydrogens (primary N) is 1. The number of hydrogen-bond donors (Lipinski definition) is 2. The number of nitrogens with one attached hydrogen (secondary N) is 1. The first kappa shape index (κ1) is 14.1. The van der Waals surface area contributed by atoms with Gasteiger partial charge in [-0.25, -0.2) is 0 Å². The number of halogens is 1. The van der Waals surface area contributed by atoms with Gasteiger partial charge in [-0.3, -0.25) is 4.79 Å².